The van der Waals surface area contributed by atoms with E-state index < -0.39 is 0 Å². The Hall–Kier alpha value is -1.13. The highest BCUT2D eigenvalue weighted by atomic mass is 19.1. The van der Waals surface area contributed by atoms with Crippen LogP contribution in [0.2, 0.25) is 0 Å². The summed E-state index contributed by atoms with van der Waals surface area (Å²) in [5, 5.41) is 3.34. The lowest BCUT2D eigenvalue weighted by Gasteiger charge is -2.15. The van der Waals surface area contributed by atoms with E-state index in [0.29, 0.717) is 12.4 Å². The molecule has 3 nitrogen and oxygen atoms in total. The number of hydrogen-bond acceptors (Lipinski definition) is 3. The van der Waals surface area contributed by atoms with Gasteiger partial charge in [0.15, 0.2) is 11.6 Å². The summed E-state index contributed by atoms with van der Waals surface area (Å²) < 4.78 is 19.3. The van der Waals surface area contributed by atoms with Crippen molar-refractivity contribution in [1.82, 2.24) is 10.2 Å². The quantitative estimate of drug-likeness (QED) is 0.784. The van der Waals surface area contributed by atoms with Crippen LogP contribution in [0.3, 0.4) is 0 Å². The van der Waals surface area contributed by atoms with Crippen LogP contribution in [-0.2, 0) is 0 Å². The Labute approximate surface area is 115 Å². The van der Waals surface area contributed by atoms with Crippen LogP contribution in [0.25, 0.3) is 0 Å². The number of hydrogen-bond donors (Lipinski definition) is 1. The van der Waals surface area contributed by atoms with Crippen molar-refractivity contribution in [2.75, 3.05) is 33.8 Å². The van der Waals surface area contributed by atoms with Gasteiger partial charge in [-0.1, -0.05) is 13.0 Å². The minimum atomic E-state index is -0.290. The van der Waals surface area contributed by atoms with Gasteiger partial charge in [0.2, 0.25) is 0 Å². The topological polar surface area (TPSA) is 24.5 Å². The molecule has 0 heterocycles. The molecule has 0 amide bonds. The minimum Gasteiger partial charge on any atom is -0.489 e. The van der Waals surface area contributed by atoms with Crippen LogP contribution in [0.1, 0.15) is 31.9 Å². The lowest BCUT2D eigenvalue weighted by atomic mass is 10.1. The van der Waals surface area contributed by atoms with Gasteiger partial charge in [0.05, 0.1) is 0 Å². The second kappa shape index (κ2) is 8.12. The number of rotatable bonds is 8. The van der Waals surface area contributed by atoms with Crippen LogP contribution in [0.4, 0.5) is 4.39 Å². The van der Waals surface area contributed by atoms with Crippen molar-refractivity contribution in [2.24, 2.45) is 0 Å². The Balaban J connectivity index is 2.58. The average molecular weight is 268 g/mol. The highest BCUT2D eigenvalue weighted by molar-refractivity contribution is 5.30. The first-order valence-corrected chi connectivity index (χ1v) is 6.85. The predicted octanol–water partition coefficient (Wildman–Crippen LogP) is 2.83. The molecule has 19 heavy (non-hydrogen) atoms. The first kappa shape index (κ1) is 15.9. The summed E-state index contributed by atoms with van der Waals surface area (Å²) in [6, 6.07) is 5.34. The van der Waals surface area contributed by atoms with Crippen molar-refractivity contribution in [2.45, 2.75) is 26.3 Å². The van der Waals surface area contributed by atoms with Gasteiger partial charge < -0.3 is 15.0 Å². The van der Waals surface area contributed by atoms with E-state index in [1.807, 2.05) is 32.0 Å². The highest BCUT2D eigenvalue weighted by Gasteiger charge is 2.09. The second-order valence-corrected chi connectivity index (χ2v) is 5.02. The predicted molar refractivity (Wildman–Crippen MR) is 77.2 cm³/mol. The van der Waals surface area contributed by atoms with Gasteiger partial charge in [0.25, 0.3) is 0 Å². The highest BCUT2D eigenvalue weighted by Crippen LogP contribution is 2.22. The van der Waals surface area contributed by atoms with E-state index in [0.717, 1.165) is 25.1 Å². The first-order valence-electron chi connectivity index (χ1n) is 6.85. The maximum atomic E-state index is 13.9. The zero-order valence-electron chi connectivity index (χ0n) is 12.4. The summed E-state index contributed by atoms with van der Waals surface area (Å²) in [5.41, 5.74) is 0.950. The van der Waals surface area contributed by atoms with E-state index in [1.54, 1.807) is 12.1 Å². The van der Waals surface area contributed by atoms with E-state index >= 15 is 0 Å². The maximum absolute atomic E-state index is 13.9. The molecule has 0 radical (unpaired) electrons. The van der Waals surface area contributed by atoms with Gasteiger partial charge >= 0.3 is 0 Å². The second-order valence-electron chi connectivity index (χ2n) is 5.02. The zero-order chi connectivity index (χ0) is 14.3. The molecule has 0 spiro atoms. The summed E-state index contributed by atoms with van der Waals surface area (Å²) in [6.07, 6.45) is 1.07. The molecule has 0 saturated carbocycles. The van der Waals surface area contributed by atoms with Gasteiger partial charge in [-0.05, 0) is 51.7 Å². The third kappa shape index (κ3) is 5.57. The van der Waals surface area contributed by atoms with E-state index in [-0.39, 0.29) is 11.9 Å². The molecular weight excluding hydrogens is 243 g/mol. The molecule has 1 aromatic carbocycles. The summed E-state index contributed by atoms with van der Waals surface area (Å²) in [4.78, 5) is 2.00. The molecule has 1 atom stereocenters. The normalized spacial score (nSPS) is 12.7. The van der Waals surface area contributed by atoms with Gasteiger partial charge in [-0.3, -0.25) is 0 Å². The molecule has 1 aromatic rings. The fourth-order valence-corrected chi connectivity index (χ4v) is 1.72. The third-order valence-electron chi connectivity index (χ3n) is 2.95. The summed E-state index contributed by atoms with van der Waals surface area (Å²) in [7, 11) is 3.92. The van der Waals surface area contributed by atoms with Crippen molar-refractivity contribution < 1.29 is 9.13 Å². The van der Waals surface area contributed by atoms with Crippen LogP contribution < -0.4 is 10.1 Å². The Kier molecular flexibility index (Phi) is 6.81. The van der Waals surface area contributed by atoms with E-state index in [2.05, 4.69) is 12.2 Å². The number of ether oxygens (including phenoxy) is 1. The summed E-state index contributed by atoms with van der Waals surface area (Å²) >= 11 is 0. The van der Waals surface area contributed by atoms with Crippen LogP contribution in [0, 0.1) is 5.82 Å². The van der Waals surface area contributed by atoms with Gasteiger partial charge in [0.1, 0.15) is 6.61 Å². The molecule has 1 rings (SSSR count). The van der Waals surface area contributed by atoms with Gasteiger partial charge in [-0.15, -0.1) is 0 Å². The Morgan fingerprint density at radius 1 is 1.37 bits per heavy atom. The molecule has 4 heteroatoms. The van der Waals surface area contributed by atoms with Crippen molar-refractivity contribution in [3.8, 4) is 5.75 Å². The monoisotopic (exact) mass is 268 g/mol. The smallest absolute Gasteiger partial charge is 0.165 e. The molecular formula is C15H25FN2O. The third-order valence-corrected chi connectivity index (χ3v) is 2.95. The lowest BCUT2D eigenvalue weighted by molar-refractivity contribution is 0.252. The zero-order valence-corrected chi connectivity index (χ0v) is 12.4. The average Bonchev–Trinajstić information content (AvgIpc) is 2.37. The molecule has 0 fully saturated rings. The van der Waals surface area contributed by atoms with E-state index in [1.165, 1.54) is 0 Å². The Morgan fingerprint density at radius 3 is 2.68 bits per heavy atom. The van der Waals surface area contributed by atoms with Gasteiger partial charge in [-0.25, -0.2) is 4.39 Å². The molecule has 108 valence electrons. The molecule has 1 N–H and O–H groups in total. The summed E-state index contributed by atoms with van der Waals surface area (Å²) in [5.74, 6) is 0.0368. The molecule has 0 aromatic heterocycles. The molecule has 1 unspecified atom stereocenters. The number of nitrogens with zero attached hydrogens (tertiary/aromatic N) is 1. The molecule has 0 aliphatic rings. The van der Waals surface area contributed by atoms with E-state index in [4.69, 9.17) is 4.74 Å². The molecule has 0 aliphatic heterocycles. The Morgan fingerprint density at radius 2 is 2.11 bits per heavy atom. The number of nitrogens with one attached hydrogen (secondary N) is 1. The van der Waals surface area contributed by atoms with E-state index in [9.17, 15) is 4.39 Å². The molecule has 0 saturated heterocycles. The molecule has 0 bridgehead atoms. The minimum absolute atomic E-state index is 0.158. The Bertz CT molecular complexity index is 382. The number of likely N-dealkylation sites (N-methyl/N-ethyl adjacent to an activating group) is 1. The van der Waals surface area contributed by atoms with Gasteiger partial charge in [-0.2, -0.15) is 0 Å². The maximum Gasteiger partial charge on any atom is 0.165 e. The standard InChI is InChI=1S/C15H25FN2O/c1-5-8-17-12(2)13-6-7-15(14(16)11-13)19-10-9-18(3)4/h6-7,11-12,17H,5,8-10H2,1-4H3. The van der Waals surface area contributed by atoms with Crippen molar-refractivity contribution in [3.63, 3.8) is 0 Å². The fourth-order valence-electron chi connectivity index (χ4n) is 1.72. The van der Waals surface area contributed by atoms with Crippen LogP contribution >= 0.6 is 0 Å². The largest absolute Gasteiger partial charge is 0.489 e. The van der Waals surface area contributed by atoms with Gasteiger partial charge in [0, 0.05) is 12.6 Å². The van der Waals surface area contributed by atoms with Crippen molar-refractivity contribution in [1.29, 1.82) is 0 Å². The lowest BCUT2D eigenvalue weighted by Crippen LogP contribution is -2.20. The first-order chi connectivity index (χ1) is 9.04. The van der Waals surface area contributed by atoms with Crippen molar-refractivity contribution >= 4 is 0 Å². The molecule has 0 aliphatic carbocycles. The fraction of sp³-hybridized carbons (Fsp3) is 0.600. The van der Waals surface area contributed by atoms with Crippen LogP contribution in [0.15, 0.2) is 18.2 Å². The SMILES string of the molecule is CCCNC(C)c1ccc(OCCN(C)C)c(F)c1. The van der Waals surface area contributed by atoms with Crippen LogP contribution in [-0.4, -0.2) is 38.7 Å². The van der Waals surface area contributed by atoms with Crippen LogP contribution in [0.5, 0.6) is 5.75 Å². The number of halogens is 1. The van der Waals surface area contributed by atoms with Crippen molar-refractivity contribution in [3.05, 3.63) is 29.6 Å². The number of benzene rings is 1. The summed E-state index contributed by atoms with van der Waals surface area (Å²) in [6.45, 7) is 6.35.